The van der Waals surface area contributed by atoms with Crippen molar-refractivity contribution in [3.8, 4) is 0 Å². The summed E-state index contributed by atoms with van der Waals surface area (Å²) in [6, 6.07) is 0.919. The first kappa shape index (κ1) is 15.7. The van der Waals surface area contributed by atoms with Crippen molar-refractivity contribution in [1.29, 1.82) is 0 Å². The summed E-state index contributed by atoms with van der Waals surface area (Å²) in [6.07, 6.45) is 5.74. The van der Waals surface area contributed by atoms with Gasteiger partial charge in [0.1, 0.15) is 18.9 Å². The van der Waals surface area contributed by atoms with Crippen molar-refractivity contribution in [3.63, 3.8) is 0 Å². The zero-order chi connectivity index (χ0) is 14.1. The minimum absolute atomic E-state index is 0. The molecule has 0 aliphatic carbocycles. The topological polar surface area (TPSA) is 93.3 Å². The van der Waals surface area contributed by atoms with E-state index in [1.165, 1.54) is 23.5 Å². The van der Waals surface area contributed by atoms with E-state index in [2.05, 4.69) is 10.4 Å². The molecule has 8 nitrogen and oxygen atoms in total. The van der Waals surface area contributed by atoms with Gasteiger partial charge in [0.05, 0.1) is 4.92 Å². The van der Waals surface area contributed by atoms with Crippen molar-refractivity contribution in [2.45, 2.75) is 37.9 Å². The Labute approximate surface area is 128 Å². The van der Waals surface area contributed by atoms with Gasteiger partial charge in [0.25, 0.3) is 0 Å². The van der Waals surface area contributed by atoms with Crippen LogP contribution in [0.5, 0.6) is 0 Å². The van der Waals surface area contributed by atoms with Crippen LogP contribution in [-0.4, -0.2) is 50.7 Å². The lowest BCUT2D eigenvalue weighted by Gasteiger charge is -2.24. The van der Waals surface area contributed by atoms with Crippen molar-refractivity contribution in [1.82, 2.24) is 20.0 Å². The summed E-state index contributed by atoms with van der Waals surface area (Å²) in [6.45, 7) is 1.53. The van der Waals surface area contributed by atoms with Crippen LogP contribution < -0.4 is 5.32 Å². The smallest absolute Gasteiger partial charge is 0.307 e. The second-order valence-corrected chi connectivity index (χ2v) is 5.42. The normalized spacial score (nSPS) is 24.3. The van der Waals surface area contributed by atoms with Crippen molar-refractivity contribution < 1.29 is 9.72 Å². The van der Waals surface area contributed by atoms with Gasteiger partial charge >= 0.3 is 5.69 Å². The van der Waals surface area contributed by atoms with Gasteiger partial charge in [-0.2, -0.15) is 5.10 Å². The predicted octanol–water partition coefficient (Wildman–Crippen LogP) is 0.566. The third kappa shape index (κ3) is 3.51. The van der Waals surface area contributed by atoms with E-state index in [0.29, 0.717) is 12.1 Å². The molecule has 116 valence electrons. The number of nitrogens with zero attached hydrogens (tertiary/aromatic N) is 4. The molecule has 2 aliphatic heterocycles. The van der Waals surface area contributed by atoms with Crippen LogP contribution in [0.3, 0.4) is 0 Å². The Morgan fingerprint density at radius 2 is 2.19 bits per heavy atom. The number of rotatable bonds is 3. The van der Waals surface area contributed by atoms with Gasteiger partial charge in [-0.1, -0.05) is 0 Å². The van der Waals surface area contributed by atoms with Gasteiger partial charge in [0, 0.05) is 25.2 Å². The van der Waals surface area contributed by atoms with Crippen molar-refractivity contribution in [2.75, 3.05) is 13.1 Å². The molecule has 9 heteroatoms. The van der Waals surface area contributed by atoms with Crippen LogP contribution >= 0.6 is 12.4 Å². The molecular weight excluding hydrogens is 298 g/mol. The second-order valence-electron chi connectivity index (χ2n) is 5.42. The van der Waals surface area contributed by atoms with Crippen LogP contribution in [0.4, 0.5) is 5.69 Å². The molecule has 2 aliphatic rings. The highest BCUT2D eigenvalue weighted by Crippen LogP contribution is 2.20. The number of hydrogen-bond acceptors (Lipinski definition) is 5. The Morgan fingerprint density at radius 1 is 1.43 bits per heavy atom. The second kappa shape index (κ2) is 6.40. The Morgan fingerprint density at radius 3 is 2.90 bits per heavy atom. The maximum absolute atomic E-state index is 12.2. The largest absolute Gasteiger partial charge is 0.339 e. The van der Waals surface area contributed by atoms with Gasteiger partial charge in [0.2, 0.25) is 5.91 Å². The van der Waals surface area contributed by atoms with Crippen LogP contribution in [0.15, 0.2) is 12.4 Å². The van der Waals surface area contributed by atoms with E-state index in [4.69, 9.17) is 0 Å². The average molecular weight is 316 g/mol. The number of fused-ring (bicyclic) bond motifs is 2. The summed E-state index contributed by atoms with van der Waals surface area (Å²) in [4.78, 5) is 24.2. The third-order valence-corrected chi connectivity index (χ3v) is 4.00. The lowest BCUT2D eigenvalue weighted by atomic mass is 10.1. The molecule has 2 bridgehead atoms. The van der Waals surface area contributed by atoms with E-state index in [9.17, 15) is 14.9 Å². The zero-order valence-corrected chi connectivity index (χ0v) is 12.3. The monoisotopic (exact) mass is 315 g/mol. The Bertz CT molecular complexity index is 535. The van der Waals surface area contributed by atoms with Crippen molar-refractivity contribution >= 4 is 24.0 Å². The van der Waals surface area contributed by atoms with E-state index >= 15 is 0 Å². The molecule has 21 heavy (non-hydrogen) atoms. The molecule has 0 aromatic carbocycles. The van der Waals surface area contributed by atoms with E-state index in [1.807, 2.05) is 4.90 Å². The molecule has 3 heterocycles. The lowest BCUT2D eigenvalue weighted by Crippen LogP contribution is -2.40. The van der Waals surface area contributed by atoms with Gasteiger partial charge in [-0.05, 0) is 19.3 Å². The fourth-order valence-corrected chi connectivity index (χ4v) is 2.94. The molecule has 1 amide bonds. The van der Waals surface area contributed by atoms with Crippen LogP contribution in [0.1, 0.15) is 19.3 Å². The number of halogens is 1. The molecular formula is C12H18ClN5O3. The summed E-state index contributed by atoms with van der Waals surface area (Å²) in [7, 11) is 0. The Kier molecular flexibility index (Phi) is 4.79. The fourth-order valence-electron chi connectivity index (χ4n) is 2.94. The molecule has 0 saturated carbocycles. The third-order valence-electron chi connectivity index (χ3n) is 4.00. The van der Waals surface area contributed by atoms with Crippen molar-refractivity contribution in [2.24, 2.45) is 0 Å². The number of nitro groups is 1. The summed E-state index contributed by atoms with van der Waals surface area (Å²) < 4.78 is 1.33. The highest BCUT2D eigenvalue weighted by atomic mass is 35.5. The van der Waals surface area contributed by atoms with Gasteiger partial charge in [0.15, 0.2) is 0 Å². The van der Waals surface area contributed by atoms with E-state index in [-0.39, 0.29) is 30.5 Å². The number of amides is 1. The molecule has 0 spiro atoms. The number of carbonyl (C=O) groups excluding carboxylic acids is 1. The maximum atomic E-state index is 12.2. The quantitative estimate of drug-likeness (QED) is 0.650. The van der Waals surface area contributed by atoms with E-state index in [1.54, 1.807) is 0 Å². The van der Waals surface area contributed by atoms with Gasteiger partial charge in [-0.3, -0.25) is 19.6 Å². The first-order valence-corrected chi connectivity index (χ1v) is 6.82. The van der Waals surface area contributed by atoms with Crippen molar-refractivity contribution in [3.05, 3.63) is 22.5 Å². The molecule has 0 radical (unpaired) electrons. The first-order valence-electron chi connectivity index (χ1n) is 6.82. The molecule has 2 unspecified atom stereocenters. The summed E-state index contributed by atoms with van der Waals surface area (Å²) >= 11 is 0. The predicted molar refractivity (Wildman–Crippen MR) is 77.3 cm³/mol. The first-order chi connectivity index (χ1) is 9.61. The minimum atomic E-state index is -0.511. The number of carbonyl (C=O) groups is 1. The number of hydrogen-bond donors (Lipinski definition) is 1. The highest BCUT2D eigenvalue weighted by Gasteiger charge is 2.31. The van der Waals surface area contributed by atoms with Crippen LogP contribution in [0.2, 0.25) is 0 Å². The number of likely N-dealkylation sites (tertiary alicyclic amines) is 1. The van der Waals surface area contributed by atoms with E-state index in [0.717, 1.165) is 25.9 Å². The van der Waals surface area contributed by atoms with Gasteiger partial charge < -0.3 is 10.2 Å². The molecule has 1 aromatic heterocycles. The number of aromatic nitrogens is 2. The SMILES string of the molecule is Cl.O=C(Cn1cc([N+](=O)[O-])cn1)N1CCC2CCC(C1)N2. The average Bonchev–Trinajstić information content (AvgIpc) is 2.96. The molecule has 2 atom stereocenters. The van der Waals surface area contributed by atoms with Crippen LogP contribution in [-0.2, 0) is 11.3 Å². The van der Waals surface area contributed by atoms with Gasteiger partial charge in [-0.15, -0.1) is 12.4 Å². The standard InChI is InChI=1S/C12H17N5O3.ClH/c18-12(8-16-7-11(5-13-16)17(19)20)15-4-3-9-1-2-10(6-15)14-9;/h5,7,9-10,14H,1-4,6,8H2;1H. The molecule has 2 fully saturated rings. The molecule has 1 aromatic rings. The number of nitrogens with one attached hydrogen (secondary N) is 1. The molecule has 3 rings (SSSR count). The van der Waals surface area contributed by atoms with Gasteiger partial charge in [-0.25, -0.2) is 0 Å². The fraction of sp³-hybridized carbons (Fsp3) is 0.667. The molecule has 1 N–H and O–H groups in total. The lowest BCUT2D eigenvalue weighted by molar-refractivity contribution is -0.385. The zero-order valence-electron chi connectivity index (χ0n) is 11.5. The highest BCUT2D eigenvalue weighted by molar-refractivity contribution is 5.85. The summed E-state index contributed by atoms with van der Waals surface area (Å²) in [5.74, 6) is -0.0302. The Hall–Kier alpha value is -1.67. The minimum Gasteiger partial charge on any atom is -0.339 e. The Balaban J connectivity index is 0.00000161. The van der Waals surface area contributed by atoms with Crippen LogP contribution in [0, 0.1) is 10.1 Å². The summed E-state index contributed by atoms with van der Waals surface area (Å²) in [5.41, 5.74) is -0.0885. The van der Waals surface area contributed by atoms with Crippen LogP contribution in [0.25, 0.3) is 0 Å². The maximum Gasteiger partial charge on any atom is 0.307 e. The molecule has 2 saturated heterocycles. The summed E-state index contributed by atoms with van der Waals surface area (Å²) in [5, 5.41) is 18.0. The van der Waals surface area contributed by atoms with E-state index < -0.39 is 4.92 Å².